The van der Waals surface area contributed by atoms with Gasteiger partial charge in [0.25, 0.3) is 5.72 Å². The summed E-state index contributed by atoms with van der Waals surface area (Å²) in [4.78, 5) is 23.7. The average molecular weight is 348 g/mol. The summed E-state index contributed by atoms with van der Waals surface area (Å²) >= 11 is 0. The van der Waals surface area contributed by atoms with Crippen LogP contribution in [0.2, 0.25) is 0 Å². The van der Waals surface area contributed by atoms with E-state index in [-0.39, 0.29) is 17.9 Å². The van der Waals surface area contributed by atoms with E-state index >= 15 is 0 Å². The number of phenolic OH excluding ortho intramolecular Hbond substituents is 1. The quantitative estimate of drug-likeness (QED) is 0.614. The van der Waals surface area contributed by atoms with Gasteiger partial charge in [0, 0.05) is 0 Å². The van der Waals surface area contributed by atoms with Crippen molar-refractivity contribution in [1.29, 1.82) is 0 Å². The number of phenols is 1. The van der Waals surface area contributed by atoms with Crippen molar-refractivity contribution >= 4 is 12.0 Å². The Hall–Kier alpha value is -2.49. The molecule has 1 aliphatic rings. The maximum absolute atomic E-state index is 13.4. The van der Waals surface area contributed by atoms with Crippen LogP contribution >= 0.6 is 0 Å². The van der Waals surface area contributed by atoms with Gasteiger partial charge in [0.1, 0.15) is 11.7 Å². The standard InChI is InChI=1S/C14H15F3N2O5/c1-2-24-11(21)9-10(7-4-3-5-8(20)6-7)18-12(22)19-13(9,23)14(15,16)17/h3-6,9-10,20,23H,2H2,1H3,(H2,18,19,22)/t9-,10+,13+/m1/s1. The zero-order valence-electron chi connectivity index (χ0n) is 12.4. The summed E-state index contributed by atoms with van der Waals surface area (Å²) in [5.41, 5.74) is -3.82. The van der Waals surface area contributed by atoms with Crippen molar-refractivity contribution < 1.29 is 37.7 Å². The Morgan fingerprint density at radius 1 is 1.42 bits per heavy atom. The molecule has 1 aromatic carbocycles. The van der Waals surface area contributed by atoms with Crippen LogP contribution in [0.15, 0.2) is 24.3 Å². The molecule has 0 bridgehead atoms. The Labute approximate surface area is 134 Å². The predicted molar refractivity (Wildman–Crippen MR) is 73.6 cm³/mol. The van der Waals surface area contributed by atoms with E-state index in [1.165, 1.54) is 30.4 Å². The smallest absolute Gasteiger partial charge is 0.437 e. The summed E-state index contributed by atoms with van der Waals surface area (Å²) in [6.45, 7) is 1.17. The SMILES string of the molecule is CCOC(=O)[C@H]1[C@H](c2cccc(O)c2)NC(=O)N[C@@]1(O)C(F)(F)F. The number of aromatic hydroxyl groups is 1. The normalized spacial score (nSPS) is 27.1. The van der Waals surface area contributed by atoms with Gasteiger partial charge in [-0.3, -0.25) is 4.79 Å². The van der Waals surface area contributed by atoms with E-state index in [9.17, 15) is 33.0 Å². The minimum Gasteiger partial charge on any atom is -0.508 e. The van der Waals surface area contributed by atoms with Crippen LogP contribution in [0.3, 0.4) is 0 Å². The van der Waals surface area contributed by atoms with Gasteiger partial charge < -0.3 is 25.6 Å². The lowest BCUT2D eigenvalue weighted by Crippen LogP contribution is -2.73. The third kappa shape index (κ3) is 3.09. The number of ether oxygens (including phenoxy) is 1. The number of carbonyl (C=O) groups excluding carboxylic acids is 2. The number of hydrogen-bond donors (Lipinski definition) is 4. The molecule has 1 aliphatic heterocycles. The Morgan fingerprint density at radius 3 is 2.62 bits per heavy atom. The van der Waals surface area contributed by atoms with Crippen molar-refractivity contribution in [2.24, 2.45) is 5.92 Å². The lowest BCUT2D eigenvalue weighted by molar-refractivity contribution is -0.294. The van der Waals surface area contributed by atoms with Gasteiger partial charge in [-0.15, -0.1) is 0 Å². The number of benzene rings is 1. The molecule has 132 valence electrons. The van der Waals surface area contributed by atoms with E-state index in [0.717, 1.165) is 6.07 Å². The average Bonchev–Trinajstić information content (AvgIpc) is 2.45. The lowest BCUT2D eigenvalue weighted by atomic mass is 9.82. The van der Waals surface area contributed by atoms with Crippen molar-refractivity contribution in [2.75, 3.05) is 6.61 Å². The number of nitrogens with one attached hydrogen (secondary N) is 2. The molecule has 1 heterocycles. The van der Waals surface area contributed by atoms with Gasteiger partial charge in [0.2, 0.25) is 0 Å². The first-order valence-corrected chi connectivity index (χ1v) is 6.93. The first-order chi connectivity index (χ1) is 11.1. The highest BCUT2D eigenvalue weighted by Crippen LogP contribution is 2.43. The zero-order chi connectivity index (χ0) is 18.1. The monoisotopic (exact) mass is 348 g/mol. The number of amides is 2. The van der Waals surface area contributed by atoms with Crippen LogP contribution in [0.4, 0.5) is 18.0 Å². The van der Waals surface area contributed by atoms with Gasteiger partial charge in [-0.05, 0) is 24.6 Å². The highest BCUT2D eigenvalue weighted by atomic mass is 19.4. The van der Waals surface area contributed by atoms with E-state index < -0.39 is 35.9 Å². The summed E-state index contributed by atoms with van der Waals surface area (Å²) in [5.74, 6) is -3.84. The molecule has 7 nitrogen and oxygen atoms in total. The van der Waals surface area contributed by atoms with Gasteiger partial charge in [0.05, 0.1) is 12.6 Å². The van der Waals surface area contributed by atoms with E-state index in [1.807, 2.05) is 0 Å². The maximum atomic E-state index is 13.4. The second-order valence-electron chi connectivity index (χ2n) is 5.16. The highest BCUT2D eigenvalue weighted by Gasteiger charge is 2.67. The second kappa shape index (κ2) is 6.19. The van der Waals surface area contributed by atoms with Crippen LogP contribution < -0.4 is 10.6 Å². The number of hydrogen-bond acceptors (Lipinski definition) is 5. The predicted octanol–water partition coefficient (Wildman–Crippen LogP) is 1.18. The maximum Gasteiger partial charge on any atom is 0.437 e. The summed E-state index contributed by atoms with van der Waals surface area (Å²) in [7, 11) is 0. The fraction of sp³-hybridized carbons (Fsp3) is 0.429. The van der Waals surface area contributed by atoms with Crippen LogP contribution in [0.1, 0.15) is 18.5 Å². The van der Waals surface area contributed by atoms with Crippen molar-refractivity contribution in [2.45, 2.75) is 24.9 Å². The third-order valence-electron chi connectivity index (χ3n) is 3.58. The first-order valence-electron chi connectivity index (χ1n) is 6.93. The summed E-state index contributed by atoms with van der Waals surface area (Å²) in [6, 6.07) is 2.11. The topological polar surface area (TPSA) is 108 Å². The first kappa shape index (κ1) is 17.9. The molecule has 0 aromatic heterocycles. The van der Waals surface area contributed by atoms with Crippen molar-refractivity contribution in [3.63, 3.8) is 0 Å². The fourth-order valence-electron chi connectivity index (χ4n) is 2.53. The number of rotatable bonds is 3. The molecule has 0 aliphatic carbocycles. The number of aliphatic hydroxyl groups is 1. The molecule has 2 amide bonds. The Morgan fingerprint density at radius 2 is 2.08 bits per heavy atom. The molecule has 24 heavy (non-hydrogen) atoms. The second-order valence-corrected chi connectivity index (χ2v) is 5.16. The van der Waals surface area contributed by atoms with Crippen molar-refractivity contribution in [1.82, 2.24) is 10.6 Å². The van der Waals surface area contributed by atoms with Crippen LogP contribution in [0.5, 0.6) is 5.75 Å². The minimum atomic E-state index is -5.34. The van der Waals surface area contributed by atoms with Crippen molar-refractivity contribution in [3.8, 4) is 5.75 Å². The van der Waals surface area contributed by atoms with Crippen LogP contribution in [-0.4, -0.2) is 40.7 Å². The molecule has 1 aromatic rings. The van der Waals surface area contributed by atoms with E-state index in [4.69, 9.17) is 0 Å². The molecule has 0 radical (unpaired) electrons. The molecule has 2 rings (SSSR count). The van der Waals surface area contributed by atoms with Gasteiger partial charge in [-0.25, -0.2) is 4.79 Å². The Bertz CT molecular complexity index is 652. The fourth-order valence-corrected chi connectivity index (χ4v) is 2.53. The molecule has 0 unspecified atom stereocenters. The van der Waals surface area contributed by atoms with Crippen LogP contribution in [0, 0.1) is 5.92 Å². The third-order valence-corrected chi connectivity index (χ3v) is 3.58. The largest absolute Gasteiger partial charge is 0.508 e. The number of urea groups is 1. The number of alkyl halides is 3. The summed E-state index contributed by atoms with van der Waals surface area (Å²) < 4.78 is 44.7. The number of halogens is 3. The zero-order valence-corrected chi connectivity index (χ0v) is 12.4. The molecule has 1 fully saturated rings. The highest BCUT2D eigenvalue weighted by molar-refractivity contribution is 5.83. The van der Waals surface area contributed by atoms with Crippen molar-refractivity contribution in [3.05, 3.63) is 29.8 Å². The molecule has 10 heteroatoms. The van der Waals surface area contributed by atoms with E-state index in [2.05, 4.69) is 10.1 Å². The molecule has 0 spiro atoms. The molecule has 4 N–H and O–H groups in total. The molecular weight excluding hydrogens is 333 g/mol. The summed E-state index contributed by atoms with van der Waals surface area (Å²) in [5, 5.41) is 23.1. The van der Waals surface area contributed by atoms with E-state index in [0.29, 0.717) is 0 Å². The number of esters is 1. The van der Waals surface area contributed by atoms with Gasteiger partial charge in [-0.1, -0.05) is 12.1 Å². The van der Waals surface area contributed by atoms with Gasteiger partial charge in [0.15, 0.2) is 0 Å². The summed E-state index contributed by atoms with van der Waals surface area (Å²) in [6.07, 6.45) is -5.34. The molecular formula is C14H15F3N2O5. The van der Waals surface area contributed by atoms with Crippen LogP contribution in [0.25, 0.3) is 0 Å². The van der Waals surface area contributed by atoms with Gasteiger partial charge >= 0.3 is 18.2 Å². The van der Waals surface area contributed by atoms with E-state index in [1.54, 1.807) is 0 Å². The lowest BCUT2D eigenvalue weighted by Gasteiger charge is -2.44. The molecule has 3 atom stereocenters. The minimum absolute atomic E-state index is 0.00516. The van der Waals surface area contributed by atoms with Crippen LogP contribution in [-0.2, 0) is 9.53 Å². The Kier molecular flexibility index (Phi) is 4.61. The molecule has 0 saturated carbocycles. The molecule has 1 saturated heterocycles. The Balaban J connectivity index is 2.57. The van der Waals surface area contributed by atoms with Gasteiger partial charge in [-0.2, -0.15) is 13.2 Å². The number of carbonyl (C=O) groups is 2.